The number of aryl methyl sites for hydroxylation is 1. The lowest BCUT2D eigenvalue weighted by atomic mass is 10.2. The number of halogens is 1. The Bertz CT molecular complexity index is 573. The molecule has 0 bridgehead atoms. The summed E-state index contributed by atoms with van der Waals surface area (Å²) in [5.74, 6) is -0.268. The molecule has 0 saturated heterocycles. The molecule has 0 aliphatic heterocycles. The van der Waals surface area contributed by atoms with Gasteiger partial charge >= 0.3 is 5.97 Å². The van der Waals surface area contributed by atoms with E-state index in [9.17, 15) is 4.79 Å². The zero-order chi connectivity index (χ0) is 12.6. The molecule has 88 valence electrons. The molecule has 0 fully saturated rings. The van der Waals surface area contributed by atoms with Gasteiger partial charge in [0.15, 0.2) is 0 Å². The van der Waals surface area contributed by atoms with Crippen molar-refractivity contribution in [3.8, 4) is 5.82 Å². The van der Waals surface area contributed by atoms with Crippen LogP contribution in [0.5, 0.6) is 0 Å². The van der Waals surface area contributed by atoms with Crippen LogP contribution in [0.15, 0.2) is 24.4 Å². The van der Waals surface area contributed by atoms with Crippen LogP contribution in [0.1, 0.15) is 21.7 Å². The molecule has 0 aliphatic carbocycles. The van der Waals surface area contributed by atoms with Crippen LogP contribution >= 0.6 is 11.6 Å². The molecule has 0 amide bonds. The maximum atomic E-state index is 11.0. The van der Waals surface area contributed by atoms with Crippen LogP contribution in [0.2, 0.25) is 5.02 Å². The minimum absolute atomic E-state index is 0.291. The van der Waals surface area contributed by atoms with Crippen molar-refractivity contribution < 1.29 is 9.90 Å². The lowest BCUT2D eigenvalue weighted by molar-refractivity contribution is 0.0696. The Morgan fingerprint density at radius 2 is 2.12 bits per heavy atom. The topological polar surface area (TPSA) is 55.1 Å². The van der Waals surface area contributed by atoms with Gasteiger partial charge in [0.2, 0.25) is 0 Å². The molecule has 0 unspecified atom stereocenters. The summed E-state index contributed by atoms with van der Waals surface area (Å²) in [7, 11) is 0. The molecule has 17 heavy (non-hydrogen) atoms. The normalized spacial score (nSPS) is 10.5. The van der Waals surface area contributed by atoms with Gasteiger partial charge in [0.1, 0.15) is 5.82 Å². The molecule has 0 aliphatic rings. The monoisotopic (exact) mass is 250 g/mol. The number of pyridine rings is 1. The third-order valence-electron chi connectivity index (χ3n) is 2.60. The van der Waals surface area contributed by atoms with E-state index < -0.39 is 5.97 Å². The van der Waals surface area contributed by atoms with Crippen molar-refractivity contribution in [1.82, 2.24) is 9.55 Å². The van der Waals surface area contributed by atoms with Gasteiger partial charge < -0.3 is 9.67 Å². The lowest BCUT2D eigenvalue weighted by Gasteiger charge is -2.08. The fraction of sp³-hybridized carbons (Fsp3) is 0.167. The highest BCUT2D eigenvalue weighted by atomic mass is 35.5. The summed E-state index contributed by atoms with van der Waals surface area (Å²) >= 11 is 5.77. The molecule has 0 atom stereocenters. The highest BCUT2D eigenvalue weighted by molar-refractivity contribution is 6.30. The van der Waals surface area contributed by atoms with Crippen LogP contribution in [0.3, 0.4) is 0 Å². The number of aromatic nitrogens is 2. The second-order valence-electron chi connectivity index (χ2n) is 3.76. The Morgan fingerprint density at radius 1 is 1.41 bits per heavy atom. The zero-order valence-corrected chi connectivity index (χ0v) is 10.2. The minimum atomic E-state index is -0.932. The van der Waals surface area contributed by atoms with E-state index in [1.165, 1.54) is 6.20 Å². The average molecular weight is 251 g/mol. The van der Waals surface area contributed by atoms with Gasteiger partial charge in [-0.25, -0.2) is 9.78 Å². The first-order valence-corrected chi connectivity index (χ1v) is 5.42. The Balaban J connectivity index is 2.59. The van der Waals surface area contributed by atoms with Crippen molar-refractivity contribution in [2.45, 2.75) is 13.8 Å². The van der Waals surface area contributed by atoms with Gasteiger partial charge in [-0.2, -0.15) is 0 Å². The molecule has 2 rings (SSSR count). The van der Waals surface area contributed by atoms with Crippen molar-refractivity contribution in [1.29, 1.82) is 0 Å². The number of nitrogens with zero attached hydrogens (tertiary/aromatic N) is 2. The molecule has 0 aromatic carbocycles. The Labute approximate surface area is 103 Å². The average Bonchev–Trinajstić information content (AvgIpc) is 2.56. The number of aromatic carboxylic acids is 1. The van der Waals surface area contributed by atoms with E-state index in [0.29, 0.717) is 22.1 Å². The molecule has 0 saturated carbocycles. The van der Waals surface area contributed by atoms with Crippen LogP contribution < -0.4 is 0 Å². The molecular weight excluding hydrogens is 240 g/mol. The van der Waals surface area contributed by atoms with Crippen molar-refractivity contribution >= 4 is 17.6 Å². The summed E-state index contributed by atoms with van der Waals surface area (Å²) in [4.78, 5) is 15.2. The number of carboxylic acid groups (broad SMARTS) is 1. The van der Waals surface area contributed by atoms with Gasteiger partial charge in [0, 0.05) is 17.6 Å². The molecule has 2 aromatic heterocycles. The predicted molar refractivity (Wildman–Crippen MR) is 65.0 cm³/mol. The number of hydrogen-bond donors (Lipinski definition) is 1. The lowest BCUT2D eigenvalue weighted by Crippen LogP contribution is -2.03. The van der Waals surface area contributed by atoms with E-state index in [1.807, 2.05) is 6.92 Å². The summed E-state index contributed by atoms with van der Waals surface area (Å²) in [5, 5.41) is 9.59. The van der Waals surface area contributed by atoms with Crippen molar-refractivity contribution in [3.05, 3.63) is 46.4 Å². The van der Waals surface area contributed by atoms with E-state index in [1.54, 1.807) is 29.7 Å². The standard InChI is InChI=1S/C12H11ClN2O2/c1-7-5-10(12(16)17)8(2)15(7)11-4-3-9(13)6-14-11/h3-6H,1-2H3,(H,16,17). The van der Waals surface area contributed by atoms with Crippen LogP contribution in [0.25, 0.3) is 5.82 Å². The number of rotatable bonds is 2. The van der Waals surface area contributed by atoms with E-state index in [0.717, 1.165) is 5.69 Å². The summed E-state index contributed by atoms with van der Waals surface area (Å²) in [5.41, 5.74) is 1.78. The van der Waals surface area contributed by atoms with Crippen LogP contribution in [0.4, 0.5) is 0 Å². The van der Waals surface area contributed by atoms with E-state index >= 15 is 0 Å². The number of carbonyl (C=O) groups is 1. The maximum absolute atomic E-state index is 11.0. The van der Waals surface area contributed by atoms with Gasteiger partial charge in [-0.05, 0) is 32.0 Å². The van der Waals surface area contributed by atoms with Gasteiger partial charge in [-0.3, -0.25) is 0 Å². The van der Waals surface area contributed by atoms with Gasteiger partial charge in [-0.15, -0.1) is 0 Å². The second kappa shape index (κ2) is 4.22. The third-order valence-corrected chi connectivity index (χ3v) is 2.83. The summed E-state index contributed by atoms with van der Waals surface area (Å²) in [6.07, 6.45) is 1.54. The Hall–Kier alpha value is -1.81. The smallest absolute Gasteiger partial charge is 0.337 e. The molecule has 2 aromatic rings. The first kappa shape index (κ1) is 11.7. The summed E-state index contributed by atoms with van der Waals surface area (Å²) < 4.78 is 1.79. The fourth-order valence-electron chi connectivity index (χ4n) is 1.83. The largest absolute Gasteiger partial charge is 0.478 e. The first-order valence-electron chi connectivity index (χ1n) is 5.05. The first-order chi connectivity index (χ1) is 8.00. The van der Waals surface area contributed by atoms with Crippen LogP contribution in [-0.4, -0.2) is 20.6 Å². The quantitative estimate of drug-likeness (QED) is 0.892. The molecule has 2 heterocycles. The van der Waals surface area contributed by atoms with E-state index in [4.69, 9.17) is 16.7 Å². The van der Waals surface area contributed by atoms with Crippen molar-refractivity contribution in [2.24, 2.45) is 0 Å². The summed E-state index contributed by atoms with van der Waals surface area (Å²) in [6.45, 7) is 3.60. The number of hydrogen-bond acceptors (Lipinski definition) is 2. The van der Waals surface area contributed by atoms with Crippen molar-refractivity contribution in [3.63, 3.8) is 0 Å². The molecule has 1 N–H and O–H groups in total. The number of carboxylic acids is 1. The highest BCUT2D eigenvalue weighted by Crippen LogP contribution is 2.20. The van der Waals surface area contributed by atoms with E-state index in [2.05, 4.69) is 4.98 Å². The maximum Gasteiger partial charge on any atom is 0.337 e. The molecule has 5 heteroatoms. The Kier molecular flexibility index (Phi) is 2.90. The van der Waals surface area contributed by atoms with Gasteiger partial charge in [0.25, 0.3) is 0 Å². The Morgan fingerprint density at radius 3 is 2.59 bits per heavy atom. The molecule has 0 spiro atoms. The zero-order valence-electron chi connectivity index (χ0n) is 9.44. The van der Waals surface area contributed by atoms with Crippen LogP contribution in [-0.2, 0) is 0 Å². The van der Waals surface area contributed by atoms with Crippen LogP contribution in [0, 0.1) is 13.8 Å². The molecular formula is C12H11ClN2O2. The molecule has 0 radical (unpaired) electrons. The van der Waals surface area contributed by atoms with Gasteiger partial charge in [-0.1, -0.05) is 11.6 Å². The van der Waals surface area contributed by atoms with E-state index in [-0.39, 0.29) is 0 Å². The van der Waals surface area contributed by atoms with Gasteiger partial charge in [0.05, 0.1) is 10.6 Å². The van der Waals surface area contributed by atoms with Crippen molar-refractivity contribution in [2.75, 3.05) is 0 Å². The fourth-order valence-corrected chi connectivity index (χ4v) is 1.94. The minimum Gasteiger partial charge on any atom is -0.478 e. The molecule has 4 nitrogen and oxygen atoms in total. The summed E-state index contributed by atoms with van der Waals surface area (Å²) in [6, 6.07) is 5.12. The predicted octanol–water partition coefficient (Wildman–Crippen LogP) is 2.84. The highest BCUT2D eigenvalue weighted by Gasteiger charge is 2.15. The SMILES string of the molecule is Cc1cc(C(=O)O)c(C)n1-c1ccc(Cl)cn1. The third kappa shape index (κ3) is 2.03. The second-order valence-corrected chi connectivity index (χ2v) is 4.20.